The monoisotopic (exact) mass is 200 g/mol. The molecule has 12 heavy (non-hydrogen) atoms. The smallest absolute Gasteiger partial charge is 0.0327 e. The standard InChI is InChI=1S/C10H10Cl2/c11-7-6-10(8-12)9-4-2-1-3-5-9/h1-7,10H,8H2/b7-6+. The average Bonchev–Trinajstić information content (AvgIpc) is 2.15. The topological polar surface area (TPSA) is 0 Å². The Hall–Kier alpha value is -0.460. The normalized spacial score (nSPS) is 13.5. The third-order valence-corrected chi connectivity index (χ3v) is 2.18. The van der Waals surface area contributed by atoms with Crippen molar-refractivity contribution in [2.75, 3.05) is 5.88 Å². The van der Waals surface area contributed by atoms with Gasteiger partial charge in [-0.2, -0.15) is 0 Å². The van der Waals surface area contributed by atoms with E-state index in [0.717, 1.165) is 0 Å². The van der Waals surface area contributed by atoms with Gasteiger partial charge in [0.2, 0.25) is 0 Å². The van der Waals surface area contributed by atoms with E-state index in [9.17, 15) is 0 Å². The van der Waals surface area contributed by atoms with Crippen LogP contribution in [0.1, 0.15) is 11.5 Å². The molecule has 1 rings (SSSR count). The summed E-state index contributed by atoms with van der Waals surface area (Å²) in [6, 6.07) is 10.1. The van der Waals surface area contributed by atoms with Gasteiger partial charge in [-0.3, -0.25) is 0 Å². The van der Waals surface area contributed by atoms with Crippen molar-refractivity contribution < 1.29 is 0 Å². The van der Waals surface area contributed by atoms with Gasteiger partial charge in [-0.1, -0.05) is 48.0 Å². The lowest BCUT2D eigenvalue weighted by Gasteiger charge is -2.07. The summed E-state index contributed by atoms with van der Waals surface area (Å²) in [5.74, 6) is 0.790. The average molecular weight is 201 g/mol. The van der Waals surface area contributed by atoms with Gasteiger partial charge in [-0.05, 0) is 5.56 Å². The number of halogens is 2. The van der Waals surface area contributed by atoms with Crippen molar-refractivity contribution >= 4 is 23.2 Å². The highest BCUT2D eigenvalue weighted by atomic mass is 35.5. The third kappa shape index (κ3) is 2.54. The number of hydrogen-bond donors (Lipinski definition) is 0. The van der Waals surface area contributed by atoms with E-state index < -0.39 is 0 Å². The van der Waals surface area contributed by atoms with Crippen molar-refractivity contribution in [3.63, 3.8) is 0 Å². The first-order chi connectivity index (χ1) is 5.88. The molecule has 0 nitrogen and oxygen atoms in total. The SMILES string of the molecule is Cl/C=C/C(CCl)c1ccccc1. The maximum atomic E-state index is 5.77. The molecule has 0 aliphatic heterocycles. The number of alkyl halides is 1. The summed E-state index contributed by atoms with van der Waals surface area (Å²) in [6.07, 6.45) is 1.89. The lowest BCUT2D eigenvalue weighted by molar-refractivity contribution is 0.979. The molecule has 1 aromatic rings. The fraction of sp³-hybridized carbons (Fsp3) is 0.200. The van der Waals surface area contributed by atoms with Crippen molar-refractivity contribution in [3.8, 4) is 0 Å². The summed E-state index contributed by atoms with van der Waals surface area (Å²) in [6.45, 7) is 0. The van der Waals surface area contributed by atoms with Crippen LogP contribution in [0.3, 0.4) is 0 Å². The quantitative estimate of drug-likeness (QED) is 0.653. The highest BCUT2D eigenvalue weighted by molar-refractivity contribution is 6.25. The van der Waals surface area contributed by atoms with Crippen molar-refractivity contribution in [1.29, 1.82) is 0 Å². The van der Waals surface area contributed by atoms with E-state index in [2.05, 4.69) is 0 Å². The van der Waals surface area contributed by atoms with Gasteiger partial charge in [0, 0.05) is 17.3 Å². The summed E-state index contributed by atoms with van der Waals surface area (Å²) < 4.78 is 0. The zero-order valence-corrected chi connectivity index (χ0v) is 8.09. The molecule has 0 radical (unpaired) electrons. The van der Waals surface area contributed by atoms with Crippen LogP contribution in [0.25, 0.3) is 0 Å². The largest absolute Gasteiger partial charge is 0.126 e. The van der Waals surface area contributed by atoms with Crippen LogP contribution in [0.2, 0.25) is 0 Å². The zero-order chi connectivity index (χ0) is 8.81. The summed E-state index contributed by atoms with van der Waals surface area (Å²) in [7, 11) is 0. The molecular formula is C10H10Cl2. The summed E-state index contributed by atoms with van der Waals surface area (Å²) in [4.78, 5) is 0. The minimum absolute atomic E-state index is 0.227. The van der Waals surface area contributed by atoms with Crippen LogP contribution in [0.5, 0.6) is 0 Å². The lowest BCUT2D eigenvalue weighted by atomic mass is 10.0. The van der Waals surface area contributed by atoms with Crippen LogP contribution in [0.4, 0.5) is 0 Å². The Morgan fingerprint density at radius 2 is 1.92 bits per heavy atom. The Labute approximate surface area is 82.8 Å². The van der Waals surface area contributed by atoms with Crippen LogP contribution in [-0.4, -0.2) is 5.88 Å². The molecule has 64 valence electrons. The van der Waals surface area contributed by atoms with Gasteiger partial charge in [-0.15, -0.1) is 11.6 Å². The molecule has 1 unspecified atom stereocenters. The Morgan fingerprint density at radius 1 is 1.25 bits per heavy atom. The van der Waals surface area contributed by atoms with Crippen molar-refractivity contribution in [3.05, 3.63) is 47.5 Å². The van der Waals surface area contributed by atoms with Crippen LogP contribution >= 0.6 is 23.2 Å². The van der Waals surface area contributed by atoms with E-state index in [1.807, 2.05) is 36.4 Å². The molecule has 1 atom stereocenters. The third-order valence-electron chi connectivity index (χ3n) is 1.70. The molecule has 0 N–H and O–H groups in total. The predicted octanol–water partition coefficient (Wildman–Crippen LogP) is 3.76. The second-order valence-corrected chi connectivity index (χ2v) is 3.05. The van der Waals surface area contributed by atoms with Gasteiger partial charge in [0.25, 0.3) is 0 Å². The Kier molecular flexibility index (Phi) is 4.20. The maximum Gasteiger partial charge on any atom is 0.0327 e. The summed E-state index contributed by atoms with van der Waals surface area (Å²) >= 11 is 11.3. The minimum Gasteiger partial charge on any atom is -0.126 e. The molecule has 1 aromatic carbocycles. The fourth-order valence-corrected chi connectivity index (χ4v) is 1.50. The Bertz CT molecular complexity index is 241. The van der Waals surface area contributed by atoms with Gasteiger partial charge in [0.15, 0.2) is 0 Å². The molecule has 2 heteroatoms. The summed E-state index contributed by atoms with van der Waals surface area (Å²) in [5.41, 5.74) is 2.71. The van der Waals surface area contributed by atoms with E-state index >= 15 is 0 Å². The lowest BCUT2D eigenvalue weighted by Crippen LogP contribution is -1.95. The molecule has 0 aliphatic rings. The van der Waals surface area contributed by atoms with Crippen LogP contribution in [0, 0.1) is 0 Å². The zero-order valence-electron chi connectivity index (χ0n) is 6.58. The number of allylic oxidation sites excluding steroid dienone is 1. The van der Waals surface area contributed by atoms with Crippen molar-refractivity contribution in [1.82, 2.24) is 0 Å². The first-order valence-corrected chi connectivity index (χ1v) is 4.73. The number of benzene rings is 1. The van der Waals surface area contributed by atoms with E-state index in [1.54, 1.807) is 0 Å². The molecular weight excluding hydrogens is 191 g/mol. The van der Waals surface area contributed by atoms with Crippen LogP contribution < -0.4 is 0 Å². The second kappa shape index (κ2) is 5.23. The van der Waals surface area contributed by atoms with E-state index in [0.29, 0.717) is 5.88 Å². The molecule has 0 bridgehead atoms. The van der Waals surface area contributed by atoms with Crippen LogP contribution in [-0.2, 0) is 0 Å². The summed E-state index contributed by atoms with van der Waals surface area (Å²) in [5, 5.41) is 0. The highest BCUT2D eigenvalue weighted by Gasteiger charge is 2.04. The molecule has 0 amide bonds. The van der Waals surface area contributed by atoms with Crippen molar-refractivity contribution in [2.24, 2.45) is 0 Å². The predicted molar refractivity (Wildman–Crippen MR) is 54.9 cm³/mol. The first kappa shape index (κ1) is 9.63. The Balaban J connectivity index is 2.80. The molecule has 0 saturated carbocycles. The van der Waals surface area contributed by atoms with Gasteiger partial charge < -0.3 is 0 Å². The highest BCUT2D eigenvalue weighted by Crippen LogP contribution is 2.18. The number of hydrogen-bond acceptors (Lipinski definition) is 0. The van der Waals surface area contributed by atoms with Gasteiger partial charge in [-0.25, -0.2) is 0 Å². The van der Waals surface area contributed by atoms with Crippen molar-refractivity contribution in [2.45, 2.75) is 5.92 Å². The molecule has 0 heterocycles. The maximum absolute atomic E-state index is 5.77. The molecule has 0 fully saturated rings. The second-order valence-electron chi connectivity index (χ2n) is 2.49. The van der Waals surface area contributed by atoms with E-state index in [4.69, 9.17) is 23.2 Å². The van der Waals surface area contributed by atoms with E-state index in [-0.39, 0.29) is 5.92 Å². The van der Waals surface area contributed by atoms with Gasteiger partial charge in [0.1, 0.15) is 0 Å². The fourth-order valence-electron chi connectivity index (χ4n) is 1.04. The Morgan fingerprint density at radius 3 is 2.42 bits per heavy atom. The molecule has 0 spiro atoms. The minimum atomic E-state index is 0.227. The number of rotatable bonds is 3. The molecule has 0 aliphatic carbocycles. The van der Waals surface area contributed by atoms with E-state index in [1.165, 1.54) is 11.1 Å². The van der Waals surface area contributed by atoms with Gasteiger partial charge in [0.05, 0.1) is 0 Å². The molecule has 0 aromatic heterocycles. The van der Waals surface area contributed by atoms with Gasteiger partial charge >= 0.3 is 0 Å². The molecule has 0 saturated heterocycles. The van der Waals surface area contributed by atoms with Crippen LogP contribution in [0.15, 0.2) is 41.9 Å². The first-order valence-electron chi connectivity index (χ1n) is 3.76.